The average Bonchev–Trinajstić information content (AvgIpc) is 2.31. The molecule has 0 aromatic carbocycles. The summed E-state index contributed by atoms with van der Waals surface area (Å²) in [5.41, 5.74) is 0. The molecule has 0 heterocycles. The predicted octanol–water partition coefficient (Wildman–Crippen LogP) is 2.18. The molecule has 0 saturated heterocycles. The summed E-state index contributed by atoms with van der Waals surface area (Å²) < 4.78 is 0. The third-order valence-corrected chi connectivity index (χ3v) is 2.26. The molecule has 0 unspecified atom stereocenters. The van der Waals surface area contributed by atoms with Crippen molar-refractivity contribution >= 4 is 0 Å². The van der Waals surface area contributed by atoms with E-state index in [1.54, 1.807) is 24.3 Å². The summed E-state index contributed by atoms with van der Waals surface area (Å²) in [5, 5.41) is 9.30. The minimum Gasteiger partial charge on any atom is -0.269 e. The van der Waals surface area contributed by atoms with E-state index in [9.17, 15) is 5.26 Å². The van der Waals surface area contributed by atoms with Crippen LogP contribution in [0.5, 0.6) is 0 Å². The Balaban J connectivity index is 4.86. The van der Waals surface area contributed by atoms with E-state index in [0.29, 0.717) is 26.2 Å². The molecular formula is C14H21N3. The smallest absolute Gasteiger partial charge is 0.154 e. The molecule has 0 bridgehead atoms. The predicted molar refractivity (Wildman–Crippen MR) is 73.3 cm³/mol. The maximum Gasteiger partial charge on any atom is 0.154 e. The van der Waals surface area contributed by atoms with Crippen molar-refractivity contribution in [3.8, 4) is 6.07 Å². The molecule has 0 N–H and O–H groups in total. The Morgan fingerprint density at radius 1 is 0.824 bits per heavy atom. The summed E-state index contributed by atoms with van der Waals surface area (Å²) in [7, 11) is 0. The molecular weight excluding hydrogens is 210 g/mol. The highest BCUT2D eigenvalue weighted by Gasteiger charge is 2.21. The van der Waals surface area contributed by atoms with Crippen LogP contribution in [0, 0.1) is 11.3 Å². The zero-order chi connectivity index (χ0) is 13.1. The van der Waals surface area contributed by atoms with Crippen LogP contribution in [-0.2, 0) is 0 Å². The lowest BCUT2D eigenvalue weighted by molar-refractivity contribution is 0.121. The van der Waals surface area contributed by atoms with Crippen LogP contribution in [0.15, 0.2) is 50.6 Å². The van der Waals surface area contributed by atoms with Gasteiger partial charge in [-0.1, -0.05) is 24.3 Å². The monoisotopic (exact) mass is 231 g/mol. The molecule has 17 heavy (non-hydrogen) atoms. The van der Waals surface area contributed by atoms with Crippen molar-refractivity contribution in [3.05, 3.63) is 50.6 Å². The van der Waals surface area contributed by atoms with E-state index in [-0.39, 0.29) is 6.17 Å². The fourth-order valence-electron chi connectivity index (χ4n) is 1.61. The molecule has 0 spiro atoms. The third kappa shape index (κ3) is 5.30. The Labute approximate surface area is 105 Å². The van der Waals surface area contributed by atoms with Crippen molar-refractivity contribution in [2.75, 3.05) is 26.2 Å². The van der Waals surface area contributed by atoms with Gasteiger partial charge < -0.3 is 0 Å². The first-order chi connectivity index (χ1) is 8.24. The van der Waals surface area contributed by atoms with Gasteiger partial charge >= 0.3 is 0 Å². The first-order valence-corrected chi connectivity index (χ1v) is 5.56. The summed E-state index contributed by atoms with van der Waals surface area (Å²) >= 11 is 0. The highest BCUT2D eigenvalue weighted by atomic mass is 15.3. The average molecular weight is 231 g/mol. The van der Waals surface area contributed by atoms with Gasteiger partial charge in [-0.3, -0.25) is 9.80 Å². The van der Waals surface area contributed by atoms with Crippen molar-refractivity contribution in [1.29, 1.82) is 5.26 Å². The maximum absolute atomic E-state index is 9.30. The Morgan fingerprint density at radius 3 is 1.29 bits per heavy atom. The summed E-state index contributed by atoms with van der Waals surface area (Å²) in [6.07, 6.45) is 6.82. The number of nitriles is 1. The normalized spacial score (nSPS) is 10.2. The number of hydrogen-bond acceptors (Lipinski definition) is 3. The minimum atomic E-state index is -0.318. The quantitative estimate of drug-likeness (QED) is 0.426. The molecule has 0 aromatic heterocycles. The maximum atomic E-state index is 9.30. The van der Waals surface area contributed by atoms with E-state index in [4.69, 9.17) is 0 Å². The molecule has 0 radical (unpaired) electrons. The van der Waals surface area contributed by atoms with Gasteiger partial charge in [0.25, 0.3) is 0 Å². The Hall–Kier alpha value is -1.63. The third-order valence-electron chi connectivity index (χ3n) is 2.26. The Morgan fingerprint density at radius 2 is 1.12 bits per heavy atom. The van der Waals surface area contributed by atoms with Gasteiger partial charge in [0.05, 0.1) is 6.07 Å². The number of rotatable bonds is 10. The lowest BCUT2D eigenvalue weighted by Crippen LogP contribution is -2.48. The van der Waals surface area contributed by atoms with Crippen LogP contribution in [0.2, 0.25) is 0 Å². The molecule has 3 heteroatoms. The van der Waals surface area contributed by atoms with E-state index >= 15 is 0 Å². The molecule has 0 amide bonds. The van der Waals surface area contributed by atoms with Gasteiger partial charge in [0, 0.05) is 26.2 Å². The van der Waals surface area contributed by atoms with E-state index in [0.717, 1.165) is 0 Å². The zero-order valence-corrected chi connectivity index (χ0v) is 10.4. The molecule has 92 valence electrons. The fourth-order valence-corrected chi connectivity index (χ4v) is 1.61. The lowest BCUT2D eigenvalue weighted by Gasteiger charge is -2.33. The van der Waals surface area contributed by atoms with E-state index in [1.807, 2.05) is 9.80 Å². The first-order valence-electron chi connectivity index (χ1n) is 5.56. The van der Waals surface area contributed by atoms with Crippen LogP contribution < -0.4 is 0 Å². The second kappa shape index (κ2) is 9.59. The summed E-state index contributed by atoms with van der Waals surface area (Å²) in [4.78, 5) is 3.99. The Kier molecular flexibility index (Phi) is 8.67. The summed E-state index contributed by atoms with van der Waals surface area (Å²) in [5.74, 6) is 0. The van der Waals surface area contributed by atoms with Crippen LogP contribution in [-0.4, -0.2) is 42.1 Å². The van der Waals surface area contributed by atoms with Crippen LogP contribution in [0.3, 0.4) is 0 Å². The number of hydrogen-bond donors (Lipinski definition) is 0. The van der Waals surface area contributed by atoms with Gasteiger partial charge in [0.15, 0.2) is 6.17 Å². The summed E-state index contributed by atoms with van der Waals surface area (Å²) in [6, 6.07) is 2.30. The zero-order valence-electron chi connectivity index (χ0n) is 10.4. The van der Waals surface area contributed by atoms with E-state index < -0.39 is 0 Å². The summed E-state index contributed by atoms with van der Waals surface area (Å²) in [6.45, 7) is 17.4. The minimum absolute atomic E-state index is 0.318. The number of nitrogens with zero attached hydrogens (tertiary/aromatic N) is 3. The van der Waals surface area contributed by atoms with E-state index in [1.165, 1.54) is 0 Å². The van der Waals surface area contributed by atoms with Crippen molar-refractivity contribution in [3.63, 3.8) is 0 Å². The van der Waals surface area contributed by atoms with Gasteiger partial charge in [-0.2, -0.15) is 5.26 Å². The molecule has 0 aliphatic heterocycles. The van der Waals surface area contributed by atoms with E-state index in [2.05, 4.69) is 32.4 Å². The fraction of sp³-hybridized carbons (Fsp3) is 0.357. The highest BCUT2D eigenvalue weighted by Crippen LogP contribution is 2.06. The largest absolute Gasteiger partial charge is 0.269 e. The second-order valence-electron chi connectivity index (χ2n) is 3.57. The molecule has 0 atom stereocenters. The molecule has 0 rings (SSSR count). The van der Waals surface area contributed by atoms with Gasteiger partial charge in [0.2, 0.25) is 0 Å². The van der Waals surface area contributed by atoms with Crippen molar-refractivity contribution < 1.29 is 0 Å². The standard InChI is InChI=1S/C14H21N3/c1-5-9-16(10-6-2)14(13-15)17(11-7-3)12-8-4/h5-8,14H,1-4,9-12H2. The van der Waals surface area contributed by atoms with Gasteiger partial charge in [-0.25, -0.2) is 0 Å². The van der Waals surface area contributed by atoms with Crippen LogP contribution in [0.25, 0.3) is 0 Å². The second-order valence-corrected chi connectivity index (χ2v) is 3.57. The molecule has 0 fully saturated rings. The van der Waals surface area contributed by atoms with Crippen molar-refractivity contribution in [2.24, 2.45) is 0 Å². The first kappa shape index (κ1) is 15.4. The van der Waals surface area contributed by atoms with Crippen molar-refractivity contribution in [2.45, 2.75) is 6.17 Å². The molecule has 0 aliphatic rings. The Bertz CT molecular complexity index is 257. The molecule has 0 aromatic rings. The molecule has 0 aliphatic carbocycles. The molecule has 3 nitrogen and oxygen atoms in total. The topological polar surface area (TPSA) is 30.3 Å². The van der Waals surface area contributed by atoms with Gasteiger partial charge in [-0.15, -0.1) is 26.3 Å². The van der Waals surface area contributed by atoms with Crippen LogP contribution >= 0.6 is 0 Å². The van der Waals surface area contributed by atoms with Crippen molar-refractivity contribution in [1.82, 2.24) is 9.80 Å². The van der Waals surface area contributed by atoms with Crippen LogP contribution in [0.1, 0.15) is 0 Å². The lowest BCUT2D eigenvalue weighted by atomic mass is 10.3. The van der Waals surface area contributed by atoms with Gasteiger partial charge in [-0.05, 0) is 0 Å². The SMILES string of the molecule is C=CCN(CC=C)C(C#N)N(CC=C)CC=C. The van der Waals surface area contributed by atoms with Gasteiger partial charge in [0.1, 0.15) is 0 Å². The van der Waals surface area contributed by atoms with Crippen LogP contribution in [0.4, 0.5) is 0 Å². The molecule has 0 saturated carbocycles. The highest BCUT2D eigenvalue weighted by molar-refractivity contribution is 4.98.